The third kappa shape index (κ3) is 7.34. The van der Waals surface area contributed by atoms with Crippen LogP contribution >= 0.6 is 0 Å². The molecule has 250 valence electrons. The van der Waals surface area contributed by atoms with E-state index in [0.717, 1.165) is 85.4 Å². The first-order valence-electron chi connectivity index (χ1n) is 16.3. The topological polar surface area (TPSA) is 151 Å². The van der Waals surface area contributed by atoms with E-state index in [4.69, 9.17) is 4.74 Å². The van der Waals surface area contributed by atoms with Crippen molar-refractivity contribution in [3.8, 4) is 23.2 Å². The number of ether oxygens (including phenoxy) is 1. The van der Waals surface area contributed by atoms with Gasteiger partial charge in [-0.05, 0) is 49.3 Å². The van der Waals surface area contributed by atoms with Gasteiger partial charge in [0.05, 0.1) is 53.4 Å². The number of hydrogen-bond acceptors (Lipinski definition) is 12. The molecule has 13 nitrogen and oxygen atoms in total. The molecule has 7 rings (SSSR count). The molecule has 0 spiro atoms. The highest BCUT2D eigenvalue weighted by Gasteiger charge is 2.37. The van der Waals surface area contributed by atoms with Gasteiger partial charge in [0.1, 0.15) is 11.6 Å². The quantitative estimate of drug-likeness (QED) is 0.252. The number of piperidine rings is 1. The normalized spacial score (nSPS) is 18.2. The number of aromatic nitrogens is 6. The maximum Gasteiger partial charge on any atom is 0.256 e. The predicted octanol–water partition coefficient (Wildman–Crippen LogP) is 3.04. The molecule has 1 aliphatic carbocycles. The fourth-order valence-corrected chi connectivity index (χ4v) is 7.29. The Balaban J connectivity index is 1.11. The lowest BCUT2D eigenvalue weighted by molar-refractivity contribution is 0.0336. The molecule has 6 heterocycles. The van der Waals surface area contributed by atoms with Crippen molar-refractivity contribution in [2.24, 2.45) is 5.41 Å². The summed E-state index contributed by atoms with van der Waals surface area (Å²) in [7, 11) is -3.48. The van der Waals surface area contributed by atoms with Gasteiger partial charge in [-0.3, -0.25) is 9.88 Å². The summed E-state index contributed by atoms with van der Waals surface area (Å²) in [5.41, 5.74) is 3.96. The molecule has 0 unspecified atom stereocenters. The highest BCUT2D eigenvalue weighted by molar-refractivity contribution is 7.90. The van der Waals surface area contributed by atoms with E-state index in [1.165, 1.54) is 12.4 Å². The number of nitrogens with zero attached hydrogens (tertiary/aromatic N) is 8. The number of aliphatic hydroxyl groups is 1. The second-order valence-corrected chi connectivity index (χ2v) is 15.0. The van der Waals surface area contributed by atoms with Crippen molar-refractivity contribution in [3.05, 3.63) is 72.1 Å². The zero-order valence-corrected chi connectivity index (χ0v) is 27.7. The summed E-state index contributed by atoms with van der Waals surface area (Å²) in [5.74, 6) is 8.04. The van der Waals surface area contributed by atoms with Crippen molar-refractivity contribution in [2.75, 3.05) is 56.2 Å². The SMILES string of the molecule is CC1(CO)CCN(c2cc(Nc3ccnc(-c4cnn(S(=O)(=O)C5CC5)c4)n3)ncc2C#Cc2ccc(CN3CCOCC3)nc2)CC1. The first kappa shape index (κ1) is 32.1. The van der Waals surface area contributed by atoms with Gasteiger partial charge in [0.2, 0.25) is 0 Å². The summed E-state index contributed by atoms with van der Waals surface area (Å²) < 4.78 is 31.7. The molecule has 3 aliphatic rings. The van der Waals surface area contributed by atoms with E-state index in [1.807, 2.05) is 24.4 Å². The summed E-state index contributed by atoms with van der Waals surface area (Å²) in [4.78, 5) is 22.9. The Labute approximate surface area is 280 Å². The van der Waals surface area contributed by atoms with Gasteiger partial charge in [0.15, 0.2) is 5.82 Å². The summed E-state index contributed by atoms with van der Waals surface area (Å²) in [6.45, 7) is 7.96. The Morgan fingerprint density at radius 2 is 1.81 bits per heavy atom. The molecule has 0 bridgehead atoms. The van der Waals surface area contributed by atoms with Crippen molar-refractivity contribution in [1.29, 1.82) is 0 Å². The monoisotopic (exact) mass is 669 g/mol. The lowest BCUT2D eigenvalue weighted by Crippen LogP contribution is -2.40. The first-order valence-corrected chi connectivity index (χ1v) is 17.8. The molecule has 0 amide bonds. The summed E-state index contributed by atoms with van der Waals surface area (Å²) in [6, 6.07) is 7.73. The Bertz CT molecular complexity index is 1920. The Hall–Kier alpha value is -4.42. The van der Waals surface area contributed by atoms with Crippen molar-refractivity contribution in [2.45, 2.75) is 44.4 Å². The zero-order chi connectivity index (χ0) is 33.1. The summed E-state index contributed by atoms with van der Waals surface area (Å²) in [5, 5.41) is 16.9. The third-order valence-corrected chi connectivity index (χ3v) is 11.2. The highest BCUT2D eigenvalue weighted by atomic mass is 32.2. The minimum Gasteiger partial charge on any atom is -0.396 e. The zero-order valence-electron chi connectivity index (χ0n) is 26.9. The molecule has 3 fully saturated rings. The number of nitrogens with one attached hydrogen (secondary N) is 1. The van der Waals surface area contributed by atoms with E-state index in [0.29, 0.717) is 35.9 Å². The molecule has 0 aromatic carbocycles. The molecule has 2 N–H and O–H groups in total. The Kier molecular flexibility index (Phi) is 9.11. The molecule has 14 heteroatoms. The van der Waals surface area contributed by atoms with E-state index < -0.39 is 10.0 Å². The maximum absolute atomic E-state index is 12.6. The number of morpholine rings is 1. The maximum atomic E-state index is 12.6. The number of hydrogen-bond donors (Lipinski definition) is 2. The molecule has 0 radical (unpaired) electrons. The average molecular weight is 670 g/mol. The molecule has 2 aliphatic heterocycles. The van der Waals surface area contributed by atoms with Gasteiger partial charge in [0.25, 0.3) is 10.0 Å². The number of aliphatic hydroxyl groups excluding tert-OH is 1. The second-order valence-electron chi connectivity index (χ2n) is 13.0. The Morgan fingerprint density at radius 3 is 2.54 bits per heavy atom. The van der Waals surface area contributed by atoms with Crippen molar-refractivity contribution < 1.29 is 18.3 Å². The highest BCUT2D eigenvalue weighted by Crippen LogP contribution is 2.35. The van der Waals surface area contributed by atoms with Gasteiger partial charge in [-0.1, -0.05) is 18.8 Å². The van der Waals surface area contributed by atoms with Crippen LogP contribution in [0.5, 0.6) is 0 Å². The lowest BCUT2D eigenvalue weighted by atomic mass is 9.81. The Morgan fingerprint density at radius 1 is 1.00 bits per heavy atom. The van der Waals surface area contributed by atoms with Gasteiger partial charge in [-0.25, -0.2) is 23.4 Å². The number of anilines is 3. The first-order chi connectivity index (χ1) is 23.3. The van der Waals surface area contributed by atoms with Gasteiger partial charge in [-0.2, -0.15) is 9.19 Å². The van der Waals surface area contributed by atoms with Crippen molar-refractivity contribution in [1.82, 2.24) is 34.0 Å². The summed E-state index contributed by atoms with van der Waals surface area (Å²) in [6.07, 6.45) is 11.1. The van der Waals surface area contributed by atoms with E-state index in [2.05, 4.69) is 58.9 Å². The fraction of sp³-hybridized carbons (Fsp3) is 0.441. The predicted molar refractivity (Wildman–Crippen MR) is 181 cm³/mol. The van der Waals surface area contributed by atoms with Crippen LogP contribution in [0.25, 0.3) is 11.4 Å². The van der Waals surface area contributed by atoms with Crippen LogP contribution in [0.15, 0.2) is 55.2 Å². The van der Waals surface area contributed by atoms with Crippen LogP contribution in [0.1, 0.15) is 49.4 Å². The van der Waals surface area contributed by atoms with Crippen LogP contribution in [0, 0.1) is 17.3 Å². The fourth-order valence-electron chi connectivity index (χ4n) is 5.81. The molecule has 0 atom stereocenters. The smallest absolute Gasteiger partial charge is 0.256 e. The van der Waals surface area contributed by atoms with Crippen LogP contribution in [0.2, 0.25) is 0 Å². The van der Waals surface area contributed by atoms with Crippen molar-refractivity contribution >= 4 is 27.3 Å². The van der Waals surface area contributed by atoms with E-state index in [9.17, 15) is 13.5 Å². The molecule has 1 saturated carbocycles. The lowest BCUT2D eigenvalue weighted by Gasteiger charge is -2.39. The third-order valence-electron chi connectivity index (χ3n) is 9.17. The largest absolute Gasteiger partial charge is 0.396 e. The van der Waals surface area contributed by atoms with Gasteiger partial charge < -0.3 is 20.1 Å². The second kappa shape index (κ2) is 13.6. The standard InChI is InChI=1S/C34H39N9O4S/c1-34(24-44)9-12-42(13-10-34)30-18-32(37-20-26(30)4-2-25-3-5-28(36-19-25)23-41-14-16-47-17-15-41)39-31-8-11-35-33(40-31)27-21-38-43(22-27)48(45,46)29-6-7-29/h3,5,8,11,18-22,29,44H,6-7,9-10,12-17,23-24H2,1H3,(H,35,37,39,40). The van der Waals surface area contributed by atoms with E-state index >= 15 is 0 Å². The van der Waals surface area contributed by atoms with Gasteiger partial charge in [-0.15, -0.1) is 0 Å². The van der Waals surface area contributed by atoms with Crippen LogP contribution < -0.4 is 10.2 Å². The molecular formula is C34H39N9O4S. The number of rotatable bonds is 9. The van der Waals surface area contributed by atoms with Crippen LogP contribution in [-0.2, 0) is 21.3 Å². The summed E-state index contributed by atoms with van der Waals surface area (Å²) >= 11 is 0. The van der Waals surface area contributed by atoms with Crippen LogP contribution in [0.3, 0.4) is 0 Å². The minimum absolute atomic E-state index is 0.103. The molecule has 4 aromatic rings. The van der Waals surface area contributed by atoms with E-state index in [1.54, 1.807) is 18.5 Å². The number of pyridine rings is 2. The molecular weight excluding hydrogens is 631 g/mol. The molecule has 2 saturated heterocycles. The van der Waals surface area contributed by atoms with Crippen LogP contribution in [-0.4, -0.2) is 98.8 Å². The van der Waals surface area contributed by atoms with Gasteiger partial charge in [0, 0.05) is 69.6 Å². The molecule has 4 aromatic heterocycles. The average Bonchev–Trinajstić information content (AvgIpc) is 3.86. The van der Waals surface area contributed by atoms with Gasteiger partial charge >= 0.3 is 0 Å². The van der Waals surface area contributed by atoms with Crippen LogP contribution in [0.4, 0.5) is 17.3 Å². The molecule has 48 heavy (non-hydrogen) atoms. The minimum atomic E-state index is -3.48. The van der Waals surface area contributed by atoms with E-state index in [-0.39, 0.29) is 17.3 Å². The van der Waals surface area contributed by atoms with Crippen molar-refractivity contribution in [3.63, 3.8) is 0 Å².